The fraction of sp³-hybridized carbons (Fsp3) is 0.394. The van der Waals surface area contributed by atoms with Crippen molar-refractivity contribution in [1.29, 1.82) is 0 Å². The van der Waals surface area contributed by atoms with Crippen LogP contribution in [0.25, 0.3) is 6.08 Å². The van der Waals surface area contributed by atoms with Gasteiger partial charge in [-0.1, -0.05) is 18.2 Å². The van der Waals surface area contributed by atoms with Crippen molar-refractivity contribution in [3.63, 3.8) is 0 Å². The molecule has 256 valence electrons. The SMILES string of the molecule is C=C[C@@H]1C2=CCOC(=O)C2=CO[C@H]1O[C@@H]1O[C@H](COC(C)=O)[C@@H](OC(C)=O)[C@H](OC(C)=O)[C@H]1OC(=O)/C=C/c1ccc(OC(C)=O)cc1. The monoisotopic (exact) mass is 670 g/mol. The number of ether oxygens (including phenoxy) is 9. The molecule has 1 aromatic rings. The summed E-state index contributed by atoms with van der Waals surface area (Å²) in [5.74, 6) is -4.79. The van der Waals surface area contributed by atoms with Crippen LogP contribution in [-0.4, -0.2) is 86.0 Å². The Morgan fingerprint density at radius 1 is 0.875 bits per heavy atom. The fourth-order valence-corrected chi connectivity index (χ4v) is 5.06. The zero-order chi connectivity index (χ0) is 35.0. The first kappa shape index (κ1) is 35.6. The molecule has 48 heavy (non-hydrogen) atoms. The van der Waals surface area contributed by atoms with Crippen LogP contribution in [0.2, 0.25) is 0 Å². The molecule has 4 rings (SSSR count). The van der Waals surface area contributed by atoms with E-state index in [-0.39, 0.29) is 12.2 Å². The molecule has 0 radical (unpaired) electrons. The van der Waals surface area contributed by atoms with Crippen LogP contribution in [0.5, 0.6) is 5.75 Å². The maximum Gasteiger partial charge on any atom is 0.341 e. The molecule has 0 aromatic heterocycles. The van der Waals surface area contributed by atoms with Crippen LogP contribution in [0.15, 0.2) is 66.5 Å². The van der Waals surface area contributed by atoms with Gasteiger partial charge in [0.2, 0.25) is 12.6 Å². The zero-order valence-corrected chi connectivity index (χ0v) is 26.5. The average molecular weight is 671 g/mol. The summed E-state index contributed by atoms with van der Waals surface area (Å²) in [6, 6.07) is 6.22. The number of fused-ring (bicyclic) bond motifs is 1. The van der Waals surface area contributed by atoms with Crippen molar-refractivity contribution in [3.8, 4) is 5.75 Å². The van der Waals surface area contributed by atoms with Crippen LogP contribution in [0, 0.1) is 5.92 Å². The van der Waals surface area contributed by atoms with Gasteiger partial charge in [-0.3, -0.25) is 19.2 Å². The summed E-state index contributed by atoms with van der Waals surface area (Å²) >= 11 is 0. The number of hydrogen-bond acceptors (Lipinski definition) is 15. The van der Waals surface area contributed by atoms with Crippen molar-refractivity contribution in [2.75, 3.05) is 13.2 Å². The van der Waals surface area contributed by atoms with Crippen LogP contribution in [0.4, 0.5) is 0 Å². The molecule has 1 saturated heterocycles. The Morgan fingerprint density at radius 2 is 1.56 bits per heavy atom. The molecule has 0 amide bonds. The highest BCUT2D eigenvalue weighted by Gasteiger charge is 2.54. The van der Waals surface area contributed by atoms with Gasteiger partial charge >= 0.3 is 35.8 Å². The van der Waals surface area contributed by atoms with E-state index < -0.39 is 85.3 Å². The third kappa shape index (κ3) is 9.17. The predicted octanol–water partition coefficient (Wildman–Crippen LogP) is 2.23. The van der Waals surface area contributed by atoms with E-state index in [9.17, 15) is 28.8 Å². The topological polar surface area (TPSA) is 185 Å². The summed E-state index contributed by atoms with van der Waals surface area (Å²) in [6.45, 7) is 7.97. The Kier molecular flexibility index (Phi) is 11.9. The molecule has 0 bridgehead atoms. The summed E-state index contributed by atoms with van der Waals surface area (Å²) in [4.78, 5) is 72.9. The molecule has 0 spiro atoms. The first-order valence-electron chi connectivity index (χ1n) is 14.7. The second kappa shape index (κ2) is 16.0. The van der Waals surface area contributed by atoms with Gasteiger partial charge in [0.25, 0.3) is 0 Å². The van der Waals surface area contributed by atoms with Gasteiger partial charge in [0.15, 0.2) is 18.3 Å². The molecule has 0 N–H and O–H groups in total. The minimum Gasteiger partial charge on any atom is -0.471 e. The summed E-state index contributed by atoms with van der Waals surface area (Å²) in [6.07, 6.45) is -1.82. The Labute approximate surface area is 274 Å². The molecule has 3 aliphatic heterocycles. The molecule has 15 heteroatoms. The molecular formula is C33H34O15. The van der Waals surface area contributed by atoms with Crippen molar-refractivity contribution in [1.82, 2.24) is 0 Å². The second-order valence-corrected chi connectivity index (χ2v) is 10.6. The maximum atomic E-state index is 13.2. The van der Waals surface area contributed by atoms with Gasteiger partial charge < -0.3 is 42.6 Å². The lowest BCUT2D eigenvalue weighted by molar-refractivity contribution is -0.338. The van der Waals surface area contributed by atoms with E-state index in [4.69, 9.17) is 42.6 Å². The number of carbonyl (C=O) groups excluding carboxylic acids is 6. The standard InChI is InChI=1S/C33H34O15/c1-6-23-24-13-14-40-31(39)25(24)15-42-32(23)48-33-30(47-27(38)12-9-21-7-10-22(11-8-21)43-18(3)35)29(45-20(5)37)28(44-19(4)36)26(46-33)16-41-17(2)34/h6-13,15,23,26,28-30,32-33H,1,14,16H2,2-5H3/b12-9+/t23-,26-,28-,29+,30-,32+,33+/m1/s1. The summed E-state index contributed by atoms with van der Waals surface area (Å²) in [5, 5.41) is 0. The lowest BCUT2D eigenvalue weighted by atomic mass is 9.89. The van der Waals surface area contributed by atoms with E-state index in [2.05, 4.69) is 6.58 Å². The zero-order valence-electron chi connectivity index (χ0n) is 26.5. The number of cyclic esters (lactones) is 1. The van der Waals surface area contributed by atoms with E-state index in [1.165, 1.54) is 31.2 Å². The third-order valence-electron chi connectivity index (χ3n) is 7.00. The molecule has 0 aliphatic carbocycles. The molecule has 1 fully saturated rings. The summed E-state index contributed by atoms with van der Waals surface area (Å²) < 4.78 is 49.8. The van der Waals surface area contributed by atoms with E-state index in [1.807, 2.05) is 0 Å². The quantitative estimate of drug-likeness (QED) is 0.110. The minimum atomic E-state index is -1.58. The minimum absolute atomic E-state index is 0.00456. The van der Waals surface area contributed by atoms with Gasteiger partial charge in [0.1, 0.15) is 31.3 Å². The highest BCUT2D eigenvalue weighted by molar-refractivity contribution is 5.94. The Hall–Kier alpha value is -5.28. The van der Waals surface area contributed by atoms with Crippen molar-refractivity contribution in [2.45, 2.75) is 64.7 Å². The van der Waals surface area contributed by atoms with Crippen LogP contribution in [0.3, 0.4) is 0 Å². The summed E-state index contributed by atoms with van der Waals surface area (Å²) in [5.41, 5.74) is 1.21. The van der Waals surface area contributed by atoms with Gasteiger partial charge in [-0.25, -0.2) is 9.59 Å². The van der Waals surface area contributed by atoms with Gasteiger partial charge in [-0.2, -0.15) is 0 Å². The van der Waals surface area contributed by atoms with Gasteiger partial charge in [-0.05, 0) is 35.4 Å². The second-order valence-electron chi connectivity index (χ2n) is 10.6. The molecule has 0 saturated carbocycles. The van der Waals surface area contributed by atoms with Crippen molar-refractivity contribution in [2.24, 2.45) is 5.92 Å². The van der Waals surface area contributed by atoms with Crippen LogP contribution in [0.1, 0.15) is 33.3 Å². The van der Waals surface area contributed by atoms with Gasteiger partial charge in [0.05, 0.1) is 11.5 Å². The van der Waals surface area contributed by atoms with E-state index in [0.29, 0.717) is 16.9 Å². The lowest BCUT2D eigenvalue weighted by Gasteiger charge is -2.45. The first-order chi connectivity index (χ1) is 22.9. The van der Waals surface area contributed by atoms with E-state index in [0.717, 1.165) is 33.1 Å². The van der Waals surface area contributed by atoms with Crippen molar-refractivity contribution >= 4 is 41.9 Å². The molecule has 0 unspecified atom stereocenters. The number of esters is 6. The molecular weight excluding hydrogens is 636 g/mol. The highest BCUT2D eigenvalue weighted by Crippen LogP contribution is 2.37. The van der Waals surface area contributed by atoms with E-state index >= 15 is 0 Å². The average Bonchev–Trinajstić information content (AvgIpc) is 3.02. The molecule has 7 atom stereocenters. The highest BCUT2D eigenvalue weighted by atomic mass is 16.8. The largest absolute Gasteiger partial charge is 0.471 e. The van der Waals surface area contributed by atoms with Gasteiger partial charge in [-0.15, -0.1) is 6.58 Å². The van der Waals surface area contributed by atoms with Gasteiger partial charge in [0, 0.05) is 33.8 Å². The Morgan fingerprint density at radius 3 is 2.19 bits per heavy atom. The summed E-state index contributed by atoms with van der Waals surface area (Å²) in [7, 11) is 0. The fourth-order valence-electron chi connectivity index (χ4n) is 5.06. The smallest absolute Gasteiger partial charge is 0.341 e. The predicted molar refractivity (Wildman–Crippen MR) is 160 cm³/mol. The number of hydrogen-bond donors (Lipinski definition) is 0. The molecule has 3 heterocycles. The van der Waals surface area contributed by atoms with Crippen LogP contribution >= 0.6 is 0 Å². The number of rotatable bonds is 11. The van der Waals surface area contributed by atoms with E-state index in [1.54, 1.807) is 18.2 Å². The Bertz CT molecular complexity index is 1520. The van der Waals surface area contributed by atoms with Crippen molar-refractivity contribution in [3.05, 3.63) is 72.0 Å². The molecule has 3 aliphatic rings. The lowest BCUT2D eigenvalue weighted by Crippen LogP contribution is -2.63. The first-order valence-corrected chi connectivity index (χ1v) is 14.7. The van der Waals surface area contributed by atoms with Crippen molar-refractivity contribution < 1.29 is 71.4 Å². The molecule has 15 nitrogen and oxygen atoms in total. The normalized spacial score (nSPS) is 26.3. The van der Waals surface area contributed by atoms with Crippen LogP contribution in [-0.2, 0) is 66.7 Å². The van der Waals surface area contributed by atoms with Crippen LogP contribution < -0.4 is 4.74 Å². The number of carbonyl (C=O) groups is 6. The number of benzene rings is 1. The molecule has 1 aromatic carbocycles. The Balaban J connectivity index is 1.67. The third-order valence-corrected chi connectivity index (χ3v) is 7.00. The maximum absolute atomic E-state index is 13.2.